The second kappa shape index (κ2) is 10.0. The molecule has 1 aliphatic rings. The molecule has 0 saturated carbocycles. The van der Waals surface area contributed by atoms with E-state index in [0.29, 0.717) is 25.8 Å². The normalized spacial score (nSPS) is 16.9. The Kier molecular flexibility index (Phi) is 7.20. The number of rotatable bonds is 7. The molecule has 2 unspecified atom stereocenters. The van der Waals surface area contributed by atoms with E-state index in [9.17, 15) is 14.4 Å². The zero-order valence-electron chi connectivity index (χ0n) is 15.9. The first kappa shape index (κ1) is 20.8. The summed E-state index contributed by atoms with van der Waals surface area (Å²) >= 11 is 1.49. The minimum Gasteiger partial charge on any atom is -0.445 e. The van der Waals surface area contributed by atoms with Crippen LogP contribution >= 0.6 is 11.3 Å². The van der Waals surface area contributed by atoms with E-state index in [4.69, 9.17) is 10.6 Å². The van der Waals surface area contributed by atoms with Crippen LogP contribution in [0, 0.1) is 0 Å². The van der Waals surface area contributed by atoms with Gasteiger partial charge in [-0.15, -0.1) is 11.3 Å². The van der Waals surface area contributed by atoms with Gasteiger partial charge in [-0.25, -0.2) is 10.6 Å². The number of hydrogen-bond donors (Lipinski definition) is 3. The van der Waals surface area contributed by atoms with Crippen molar-refractivity contribution in [1.82, 2.24) is 15.6 Å². The minimum atomic E-state index is -0.811. The molecule has 4 N–H and O–H groups in total. The first-order valence-corrected chi connectivity index (χ1v) is 10.3. The predicted octanol–water partition coefficient (Wildman–Crippen LogP) is 1.57. The molecular weight excluding hydrogens is 392 g/mol. The lowest BCUT2D eigenvalue weighted by Crippen LogP contribution is -2.54. The van der Waals surface area contributed by atoms with E-state index in [-0.39, 0.29) is 12.5 Å². The van der Waals surface area contributed by atoms with Crippen molar-refractivity contribution >= 4 is 29.2 Å². The number of nitrogens with two attached hydrogens (primary N) is 1. The first-order chi connectivity index (χ1) is 14.1. The number of nitrogens with one attached hydrogen (secondary N) is 2. The van der Waals surface area contributed by atoms with Crippen molar-refractivity contribution in [2.24, 2.45) is 5.84 Å². The highest BCUT2D eigenvalue weighted by Crippen LogP contribution is 2.20. The van der Waals surface area contributed by atoms with Crippen LogP contribution in [-0.2, 0) is 27.4 Å². The lowest BCUT2D eigenvalue weighted by atomic mass is 10.1. The number of amides is 3. The number of nitrogens with zero attached hydrogens (tertiary/aromatic N) is 1. The Morgan fingerprint density at radius 2 is 2.00 bits per heavy atom. The van der Waals surface area contributed by atoms with E-state index >= 15 is 0 Å². The fourth-order valence-electron chi connectivity index (χ4n) is 3.27. The summed E-state index contributed by atoms with van der Waals surface area (Å²) in [5.41, 5.74) is 2.96. The van der Waals surface area contributed by atoms with E-state index in [0.717, 1.165) is 10.4 Å². The van der Waals surface area contributed by atoms with Crippen molar-refractivity contribution < 1.29 is 19.1 Å². The van der Waals surface area contributed by atoms with Gasteiger partial charge in [-0.3, -0.25) is 19.9 Å². The molecule has 0 bridgehead atoms. The summed E-state index contributed by atoms with van der Waals surface area (Å²) in [4.78, 5) is 39.8. The molecule has 1 aromatic heterocycles. The Morgan fingerprint density at radius 1 is 1.21 bits per heavy atom. The molecule has 1 fully saturated rings. The number of carbonyl (C=O) groups is 3. The van der Waals surface area contributed by atoms with E-state index in [1.54, 1.807) is 0 Å². The zero-order chi connectivity index (χ0) is 20.6. The molecule has 1 aliphatic heterocycles. The molecule has 3 amide bonds. The van der Waals surface area contributed by atoms with Crippen molar-refractivity contribution in [3.05, 3.63) is 58.3 Å². The first-order valence-electron chi connectivity index (χ1n) is 9.39. The van der Waals surface area contributed by atoms with Gasteiger partial charge in [-0.2, -0.15) is 0 Å². The third kappa shape index (κ3) is 5.55. The van der Waals surface area contributed by atoms with E-state index in [1.807, 2.05) is 47.8 Å². The predicted molar refractivity (Wildman–Crippen MR) is 109 cm³/mol. The molecular formula is C20H24N4O4S. The molecule has 0 aliphatic carbocycles. The number of carbonyl (C=O) groups excluding carboxylic acids is 3. The summed E-state index contributed by atoms with van der Waals surface area (Å²) in [5, 5.41) is 4.63. The molecule has 3 rings (SSSR count). The SMILES string of the molecule is NNC(=O)C(Cc1cccs1)NC(=O)C1CCCN1C(=O)OCc1ccccc1. The fraction of sp³-hybridized carbons (Fsp3) is 0.350. The van der Waals surface area contributed by atoms with E-state index in [2.05, 4.69) is 10.7 Å². The van der Waals surface area contributed by atoms with Crippen LogP contribution in [0.1, 0.15) is 23.3 Å². The molecule has 154 valence electrons. The van der Waals surface area contributed by atoms with Crippen molar-refractivity contribution in [2.45, 2.75) is 38.0 Å². The fourth-order valence-corrected chi connectivity index (χ4v) is 4.02. The molecule has 8 nitrogen and oxygen atoms in total. The van der Waals surface area contributed by atoms with Gasteiger partial charge in [-0.05, 0) is 29.9 Å². The smallest absolute Gasteiger partial charge is 0.410 e. The molecule has 2 atom stereocenters. The number of hydrazine groups is 1. The largest absolute Gasteiger partial charge is 0.445 e. The van der Waals surface area contributed by atoms with Gasteiger partial charge in [-0.1, -0.05) is 36.4 Å². The van der Waals surface area contributed by atoms with Crippen LogP contribution in [-0.4, -0.2) is 41.4 Å². The zero-order valence-corrected chi connectivity index (χ0v) is 16.7. The summed E-state index contributed by atoms with van der Waals surface area (Å²) in [6.07, 6.45) is 1.00. The molecule has 2 aromatic rings. The van der Waals surface area contributed by atoms with Crippen LogP contribution in [0.3, 0.4) is 0 Å². The average Bonchev–Trinajstić information content (AvgIpc) is 3.43. The Balaban J connectivity index is 1.60. The van der Waals surface area contributed by atoms with Crippen LogP contribution in [0.5, 0.6) is 0 Å². The topological polar surface area (TPSA) is 114 Å². The van der Waals surface area contributed by atoms with Gasteiger partial charge in [0.1, 0.15) is 18.7 Å². The number of benzene rings is 1. The highest BCUT2D eigenvalue weighted by Gasteiger charge is 2.36. The molecule has 0 spiro atoms. The van der Waals surface area contributed by atoms with Crippen molar-refractivity contribution in [1.29, 1.82) is 0 Å². The van der Waals surface area contributed by atoms with Crippen molar-refractivity contribution in [3.8, 4) is 0 Å². The Hall–Kier alpha value is -2.91. The summed E-state index contributed by atoms with van der Waals surface area (Å²) in [6.45, 7) is 0.575. The molecule has 9 heteroatoms. The number of hydrogen-bond acceptors (Lipinski definition) is 6. The van der Waals surface area contributed by atoms with Gasteiger partial charge >= 0.3 is 6.09 Å². The van der Waals surface area contributed by atoms with Crippen molar-refractivity contribution in [3.63, 3.8) is 0 Å². The summed E-state index contributed by atoms with van der Waals surface area (Å²) < 4.78 is 5.36. The van der Waals surface area contributed by atoms with Crippen LogP contribution in [0.4, 0.5) is 4.79 Å². The molecule has 0 radical (unpaired) electrons. The highest BCUT2D eigenvalue weighted by molar-refractivity contribution is 7.09. The van der Waals surface area contributed by atoms with Crippen LogP contribution in [0.2, 0.25) is 0 Å². The van der Waals surface area contributed by atoms with Gasteiger partial charge in [0.15, 0.2) is 0 Å². The quantitative estimate of drug-likeness (QED) is 0.360. The highest BCUT2D eigenvalue weighted by atomic mass is 32.1. The minimum absolute atomic E-state index is 0.140. The van der Waals surface area contributed by atoms with Gasteiger partial charge in [0.05, 0.1) is 0 Å². The van der Waals surface area contributed by atoms with Crippen molar-refractivity contribution in [2.75, 3.05) is 6.54 Å². The number of thiophene rings is 1. The lowest BCUT2D eigenvalue weighted by molar-refractivity contribution is -0.131. The third-order valence-corrected chi connectivity index (χ3v) is 5.65. The van der Waals surface area contributed by atoms with Gasteiger partial charge < -0.3 is 10.1 Å². The van der Waals surface area contributed by atoms with Crippen LogP contribution in [0.25, 0.3) is 0 Å². The monoisotopic (exact) mass is 416 g/mol. The van der Waals surface area contributed by atoms with Gasteiger partial charge in [0, 0.05) is 17.8 Å². The maximum atomic E-state index is 12.8. The maximum absolute atomic E-state index is 12.8. The Bertz CT molecular complexity index is 828. The molecule has 2 heterocycles. The standard InChI is InChI=1S/C20H24N4O4S/c21-23-18(25)16(12-15-8-5-11-29-15)22-19(26)17-9-4-10-24(17)20(27)28-13-14-6-2-1-3-7-14/h1-3,5-8,11,16-17H,4,9-10,12-13,21H2,(H,22,26)(H,23,25). The number of ether oxygens (including phenoxy) is 1. The second-order valence-electron chi connectivity index (χ2n) is 6.74. The maximum Gasteiger partial charge on any atom is 0.410 e. The summed E-state index contributed by atoms with van der Waals surface area (Å²) in [6, 6.07) is 11.6. The van der Waals surface area contributed by atoms with Crippen LogP contribution < -0.4 is 16.6 Å². The van der Waals surface area contributed by atoms with E-state index in [1.165, 1.54) is 16.2 Å². The average molecular weight is 417 g/mol. The Labute approximate surface area is 173 Å². The number of likely N-dealkylation sites (tertiary alicyclic amines) is 1. The summed E-state index contributed by atoms with van der Waals surface area (Å²) in [5.74, 6) is 4.40. The van der Waals surface area contributed by atoms with Gasteiger partial charge in [0.25, 0.3) is 5.91 Å². The lowest BCUT2D eigenvalue weighted by Gasteiger charge is -2.25. The Morgan fingerprint density at radius 3 is 2.69 bits per heavy atom. The molecule has 29 heavy (non-hydrogen) atoms. The summed E-state index contributed by atoms with van der Waals surface area (Å²) in [7, 11) is 0. The third-order valence-electron chi connectivity index (χ3n) is 4.76. The van der Waals surface area contributed by atoms with E-state index < -0.39 is 24.1 Å². The molecule has 1 saturated heterocycles. The second-order valence-corrected chi connectivity index (χ2v) is 7.78. The molecule has 1 aromatic carbocycles. The van der Waals surface area contributed by atoms with Gasteiger partial charge in [0.2, 0.25) is 5.91 Å². The van der Waals surface area contributed by atoms with Crippen LogP contribution in [0.15, 0.2) is 47.8 Å².